The number of ether oxygens (including phenoxy) is 4. The number of aliphatic hydroxyl groups excluding tert-OH is 2. The van der Waals surface area contributed by atoms with E-state index in [1.807, 2.05) is 0 Å². The van der Waals surface area contributed by atoms with Gasteiger partial charge in [-0.3, -0.25) is 19.2 Å². The van der Waals surface area contributed by atoms with E-state index < -0.39 is 112 Å². The van der Waals surface area contributed by atoms with E-state index in [9.17, 15) is 44.1 Å². The zero-order valence-corrected chi connectivity index (χ0v) is 29.8. The van der Waals surface area contributed by atoms with Gasteiger partial charge in [0.1, 0.15) is 23.9 Å². The summed E-state index contributed by atoms with van der Waals surface area (Å²) in [6, 6.07) is 15.1. The Kier molecular flexibility index (Phi) is 10.4. The Labute approximate surface area is 300 Å². The summed E-state index contributed by atoms with van der Waals surface area (Å²) in [4.78, 5) is 82.4. The summed E-state index contributed by atoms with van der Waals surface area (Å²) >= 11 is 0. The molecule has 11 atom stereocenters. The Morgan fingerprint density at radius 1 is 0.769 bits per heavy atom. The second-order valence-corrected chi connectivity index (χ2v) is 14.7. The van der Waals surface area contributed by atoms with Gasteiger partial charge in [0.05, 0.1) is 17.0 Å². The molecule has 0 aromatic heterocycles. The van der Waals surface area contributed by atoms with Gasteiger partial charge in [-0.15, -0.1) is 0 Å². The van der Waals surface area contributed by atoms with Crippen LogP contribution in [-0.4, -0.2) is 92.5 Å². The molecule has 0 bridgehead atoms. The fourth-order valence-corrected chi connectivity index (χ4v) is 8.07. The van der Waals surface area contributed by atoms with Gasteiger partial charge >= 0.3 is 23.9 Å². The van der Waals surface area contributed by atoms with E-state index in [1.165, 1.54) is 43.3 Å². The minimum Gasteiger partial charge on any atom is -0.459 e. The summed E-state index contributed by atoms with van der Waals surface area (Å²) in [5.41, 5.74) is -7.15. The van der Waals surface area contributed by atoms with Gasteiger partial charge < -0.3 is 34.3 Å². The number of Topliss-reactive ketones (excluding diaryl/α,β-unsaturated/α-hetero) is 2. The SMILES string of the molecule is C=C1[C@H](OC(=O)c2ccccc2)[C@@H]2[C@@H](OC(C)=O)[C@@](C)(O)[C@H](O)[C@]2(OC(C)=O)C(=O)[C@H](C)[C@H]2C[C@H]2C(C)(C)C(=O)[C@H](O)[C@H]1OC(=O)c1ccccc1. The lowest BCUT2D eigenvalue weighted by Gasteiger charge is -2.43. The molecule has 52 heavy (non-hydrogen) atoms. The van der Waals surface area contributed by atoms with Gasteiger partial charge in [-0.05, 0) is 49.4 Å². The lowest BCUT2D eigenvalue weighted by Crippen LogP contribution is -2.62. The quantitative estimate of drug-likeness (QED) is 0.224. The van der Waals surface area contributed by atoms with Crippen molar-refractivity contribution in [3.63, 3.8) is 0 Å². The number of carbonyl (C=O) groups is 6. The van der Waals surface area contributed by atoms with Crippen LogP contribution in [0.2, 0.25) is 0 Å². The summed E-state index contributed by atoms with van der Waals surface area (Å²) in [5, 5.41) is 35.9. The van der Waals surface area contributed by atoms with Gasteiger partial charge in [0.2, 0.25) is 5.60 Å². The Bertz CT molecular complexity index is 1770. The molecule has 0 unspecified atom stereocenters. The first kappa shape index (κ1) is 38.5. The first-order valence-electron chi connectivity index (χ1n) is 17.0. The van der Waals surface area contributed by atoms with Crippen LogP contribution in [0, 0.1) is 29.1 Å². The van der Waals surface area contributed by atoms with Gasteiger partial charge in [0, 0.05) is 30.8 Å². The van der Waals surface area contributed by atoms with Crippen LogP contribution >= 0.6 is 0 Å². The standard InChI is InChI=1S/C39H44O13/c1-19-25-18-26(25)37(5,6)32(44)28(42)30(51-35(46)24-16-12-9-13-17-24)20(2)29(50-34(45)23-14-10-8-11-15-23)27-33(49-21(3)40)38(7,48)36(47)39(27,31(19)43)52-22(4)41/h8-17,19,25-30,33,36,42,47-48H,2,18H2,1,3-7H3/t19-,25-,26-,27-,28-,29+,30+,33-,36+,38-,39-/m1/s1. The summed E-state index contributed by atoms with van der Waals surface area (Å²) in [7, 11) is 0. The summed E-state index contributed by atoms with van der Waals surface area (Å²) in [6.07, 6.45) is -10.1. The summed E-state index contributed by atoms with van der Waals surface area (Å²) < 4.78 is 23.2. The molecule has 3 saturated carbocycles. The average Bonchev–Trinajstić information content (AvgIpc) is 3.90. The Morgan fingerprint density at radius 3 is 1.75 bits per heavy atom. The van der Waals surface area contributed by atoms with Gasteiger partial charge in [-0.25, -0.2) is 9.59 Å². The third-order valence-electron chi connectivity index (χ3n) is 10.9. The predicted molar refractivity (Wildman–Crippen MR) is 181 cm³/mol. The third-order valence-corrected chi connectivity index (χ3v) is 10.9. The lowest BCUT2D eigenvalue weighted by molar-refractivity contribution is -0.196. The zero-order chi connectivity index (χ0) is 38.5. The molecule has 0 amide bonds. The highest BCUT2D eigenvalue weighted by Gasteiger charge is 2.77. The topological polar surface area (TPSA) is 200 Å². The third kappa shape index (κ3) is 6.57. The maximum atomic E-state index is 15.0. The number of fused-ring (bicyclic) bond motifs is 2. The number of hydrogen-bond acceptors (Lipinski definition) is 13. The zero-order valence-electron chi connectivity index (χ0n) is 29.8. The Hall–Kier alpha value is -4.72. The van der Waals surface area contributed by atoms with Crippen molar-refractivity contribution in [3.8, 4) is 0 Å². The van der Waals surface area contributed by atoms with Crippen LogP contribution in [0.1, 0.15) is 68.7 Å². The first-order chi connectivity index (χ1) is 24.3. The van der Waals surface area contributed by atoms with Crippen LogP contribution in [0.4, 0.5) is 0 Å². The van der Waals surface area contributed by atoms with E-state index >= 15 is 0 Å². The van der Waals surface area contributed by atoms with Crippen LogP contribution < -0.4 is 0 Å². The number of hydrogen-bond donors (Lipinski definition) is 3. The highest BCUT2D eigenvalue weighted by Crippen LogP contribution is 2.59. The monoisotopic (exact) mass is 720 g/mol. The molecule has 13 nitrogen and oxygen atoms in total. The highest BCUT2D eigenvalue weighted by atomic mass is 16.6. The smallest absolute Gasteiger partial charge is 0.338 e. The molecule has 3 fully saturated rings. The van der Waals surface area contributed by atoms with Crippen molar-refractivity contribution in [1.29, 1.82) is 0 Å². The molecular weight excluding hydrogens is 676 g/mol. The molecule has 278 valence electrons. The van der Waals surface area contributed by atoms with Crippen molar-refractivity contribution in [1.82, 2.24) is 0 Å². The number of aliphatic hydroxyl groups is 3. The van der Waals surface area contributed by atoms with Crippen molar-refractivity contribution in [2.75, 3.05) is 0 Å². The fraction of sp³-hybridized carbons (Fsp3) is 0.487. The Balaban J connectivity index is 1.82. The predicted octanol–water partition coefficient (Wildman–Crippen LogP) is 2.78. The minimum atomic E-state index is -2.78. The van der Waals surface area contributed by atoms with E-state index in [1.54, 1.807) is 38.1 Å². The van der Waals surface area contributed by atoms with E-state index in [0.29, 0.717) is 6.42 Å². The lowest BCUT2D eigenvalue weighted by atomic mass is 9.70. The molecule has 0 spiro atoms. The van der Waals surface area contributed by atoms with Crippen LogP contribution in [0.25, 0.3) is 0 Å². The maximum absolute atomic E-state index is 15.0. The molecule has 3 aliphatic rings. The van der Waals surface area contributed by atoms with Gasteiger partial charge in [0.25, 0.3) is 0 Å². The van der Waals surface area contributed by atoms with Crippen molar-refractivity contribution in [3.05, 3.63) is 83.9 Å². The van der Waals surface area contributed by atoms with E-state index in [4.69, 9.17) is 18.9 Å². The minimum absolute atomic E-state index is 0.0232. The van der Waals surface area contributed by atoms with Gasteiger partial charge in [-0.2, -0.15) is 0 Å². The number of benzene rings is 2. The summed E-state index contributed by atoms with van der Waals surface area (Å²) in [6.45, 7) is 11.7. The van der Waals surface area contributed by atoms with Gasteiger partial charge in [0.15, 0.2) is 23.8 Å². The highest BCUT2D eigenvalue weighted by molar-refractivity contribution is 5.96. The molecule has 3 N–H and O–H groups in total. The molecule has 0 aliphatic heterocycles. The van der Waals surface area contributed by atoms with E-state index in [2.05, 4.69) is 6.58 Å². The number of carbonyl (C=O) groups excluding carboxylic acids is 6. The fourth-order valence-electron chi connectivity index (χ4n) is 8.07. The van der Waals surface area contributed by atoms with Crippen molar-refractivity contribution in [2.24, 2.45) is 29.1 Å². The molecule has 0 saturated heterocycles. The van der Waals surface area contributed by atoms with Crippen molar-refractivity contribution >= 4 is 35.4 Å². The number of rotatable bonds is 6. The molecule has 0 heterocycles. The van der Waals surface area contributed by atoms with Crippen LogP contribution in [0.3, 0.4) is 0 Å². The number of esters is 4. The van der Waals surface area contributed by atoms with Crippen LogP contribution in [0.5, 0.6) is 0 Å². The second kappa shape index (κ2) is 14.0. The second-order valence-electron chi connectivity index (χ2n) is 14.7. The molecular formula is C39H44O13. The van der Waals surface area contributed by atoms with Crippen LogP contribution in [-0.2, 0) is 38.1 Å². The maximum Gasteiger partial charge on any atom is 0.338 e. The normalized spacial score (nSPS) is 35.5. The first-order valence-corrected chi connectivity index (χ1v) is 17.0. The van der Waals surface area contributed by atoms with E-state index in [0.717, 1.165) is 20.8 Å². The number of ketones is 2. The summed E-state index contributed by atoms with van der Waals surface area (Å²) in [5.74, 6) is -9.88. The van der Waals surface area contributed by atoms with Crippen molar-refractivity contribution in [2.45, 2.75) is 89.7 Å². The molecule has 2 aromatic carbocycles. The molecule has 3 aliphatic carbocycles. The average molecular weight is 721 g/mol. The molecule has 2 aromatic rings. The van der Waals surface area contributed by atoms with Crippen LogP contribution in [0.15, 0.2) is 72.8 Å². The molecule has 5 rings (SSSR count). The molecule has 13 heteroatoms. The Morgan fingerprint density at radius 2 is 1.27 bits per heavy atom. The van der Waals surface area contributed by atoms with Gasteiger partial charge in [-0.1, -0.05) is 63.7 Å². The van der Waals surface area contributed by atoms with E-state index in [-0.39, 0.29) is 11.1 Å². The largest absolute Gasteiger partial charge is 0.459 e. The molecule has 0 radical (unpaired) electrons. The van der Waals surface area contributed by atoms with Crippen molar-refractivity contribution < 1.29 is 63.0 Å².